The number of benzene rings is 1. The van der Waals surface area contributed by atoms with Gasteiger partial charge in [-0.15, -0.1) is 0 Å². The highest BCUT2D eigenvalue weighted by atomic mass is 127. The van der Waals surface area contributed by atoms with E-state index in [9.17, 15) is 4.79 Å². The maximum absolute atomic E-state index is 11.9. The summed E-state index contributed by atoms with van der Waals surface area (Å²) in [6.07, 6.45) is 0.651. The fraction of sp³-hybridized carbons (Fsp3) is 0.357. The number of aryl methyl sites for hydroxylation is 1. The summed E-state index contributed by atoms with van der Waals surface area (Å²) in [6, 6.07) is 7.54. The summed E-state index contributed by atoms with van der Waals surface area (Å²) in [6.45, 7) is 4.60. The molecule has 1 amide bonds. The third kappa shape index (κ3) is 4.41. The zero-order valence-corrected chi connectivity index (χ0v) is 13.2. The molecule has 1 heterocycles. The lowest BCUT2D eigenvalue weighted by Crippen LogP contribution is -2.27. The third-order valence-electron chi connectivity index (χ3n) is 2.69. The number of hydrogen-bond donors (Lipinski definition) is 1. The standard InChI is InChI=1S/C14H17IN2O2/c1-10-3-5-12(6-4-10)14(18)16-8-7-13-17-11(2)15-9-19-13/h3-6H,7-9H2,1-2H3,(H,16,18). The normalized spacial score (nSPS) is 14.6. The molecule has 4 nitrogen and oxygen atoms in total. The number of carbonyl (C=O) groups excluding carboxylic acids is 1. The van der Waals surface area contributed by atoms with Crippen molar-refractivity contribution < 1.29 is 9.53 Å². The van der Waals surface area contributed by atoms with E-state index in [1.807, 2.05) is 38.1 Å². The molecule has 0 unspecified atom stereocenters. The number of nitrogens with one attached hydrogen (secondary N) is 1. The Kier molecular flexibility index (Phi) is 5.07. The van der Waals surface area contributed by atoms with Crippen LogP contribution >= 0.6 is 20.7 Å². The molecule has 5 heteroatoms. The van der Waals surface area contributed by atoms with Crippen molar-refractivity contribution in [3.05, 3.63) is 35.4 Å². The van der Waals surface area contributed by atoms with Crippen molar-refractivity contribution in [3.63, 3.8) is 0 Å². The summed E-state index contributed by atoms with van der Waals surface area (Å²) in [7, 11) is 0. The van der Waals surface area contributed by atoms with Crippen LogP contribution in [0.15, 0.2) is 29.3 Å². The van der Waals surface area contributed by atoms with E-state index in [2.05, 4.69) is 10.3 Å². The lowest BCUT2D eigenvalue weighted by molar-refractivity contribution is 0.0954. The first-order chi connectivity index (χ1) is 9.15. The molecule has 0 radical (unpaired) electrons. The van der Waals surface area contributed by atoms with E-state index in [1.165, 1.54) is 3.63 Å². The van der Waals surface area contributed by atoms with Crippen LogP contribution in [-0.2, 0) is 4.74 Å². The zero-order chi connectivity index (χ0) is 13.7. The number of ether oxygens (including phenoxy) is 1. The van der Waals surface area contributed by atoms with Gasteiger partial charge in [0.15, 0.2) is 5.90 Å². The number of alkyl halides is 1. The Labute approximate surface area is 123 Å². The monoisotopic (exact) mass is 372 g/mol. The first kappa shape index (κ1) is 14.2. The predicted molar refractivity (Wildman–Crippen MR) is 86.2 cm³/mol. The summed E-state index contributed by atoms with van der Waals surface area (Å²) in [5, 5.41) is 2.88. The van der Waals surface area contributed by atoms with Gasteiger partial charge in [-0.1, -0.05) is 38.4 Å². The van der Waals surface area contributed by atoms with E-state index in [0.717, 1.165) is 16.1 Å². The fourth-order valence-corrected chi connectivity index (χ4v) is 3.03. The second-order valence-electron chi connectivity index (χ2n) is 4.26. The summed E-state index contributed by atoms with van der Waals surface area (Å²) >= 11 is -0.0243. The lowest BCUT2D eigenvalue weighted by Gasteiger charge is -2.12. The summed E-state index contributed by atoms with van der Waals surface area (Å²) in [5.74, 6) is 0.692. The number of carbonyl (C=O) groups is 1. The second-order valence-corrected chi connectivity index (χ2v) is 7.21. The first-order valence-corrected chi connectivity index (χ1v) is 8.73. The minimum absolute atomic E-state index is 0.0243. The van der Waals surface area contributed by atoms with Crippen LogP contribution in [0.4, 0.5) is 0 Å². The van der Waals surface area contributed by atoms with Crippen molar-refractivity contribution in [1.29, 1.82) is 0 Å². The van der Waals surface area contributed by atoms with Gasteiger partial charge in [-0.05, 0) is 26.0 Å². The molecular weight excluding hydrogens is 355 g/mol. The number of aliphatic imine (C=N–C) groups is 1. The molecule has 1 aromatic carbocycles. The highest BCUT2D eigenvalue weighted by Crippen LogP contribution is 2.10. The molecular formula is C14H17IN2O2. The van der Waals surface area contributed by atoms with Crippen LogP contribution < -0.4 is 5.32 Å². The molecule has 0 aliphatic carbocycles. The van der Waals surface area contributed by atoms with E-state index < -0.39 is 0 Å². The van der Waals surface area contributed by atoms with Gasteiger partial charge in [0.25, 0.3) is 5.91 Å². The van der Waals surface area contributed by atoms with Gasteiger partial charge in [0.1, 0.15) is 4.61 Å². The number of amides is 1. The van der Waals surface area contributed by atoms with Crippen LogP contribution in [0.2, 0.25) is 0 Å². The molecule has 1 aromatic rings. The maximum atomic E-state index is 11.9. The number of halogens is 1. The largest absolute Gasteiger partial charge is 0.470 e. The van der Waals surface area contributed by atoms with Crippen LogP contribution in [0, 0.1) is 6.92 Å². The minimum atomic E-state index is -0.0514. The van der Waals surface area contributed by atoms with Crippen molar-refractivity contribution >= 4 is 36.2 Å². The molecule has 2 rings (SSSR count). The van der Waals surface area contributed by atoms with E-state index in [0.29, 0.717) is 18.5 Å². The first-order valence-electron chi connectivity index (χ1n) is 6.13. The average molecular weight is 372 g/mol. The molecule has 0 atom stereocenters. The molecule has 1 N–H and O–H groups in total. The molecule has 0 fully saturated rings. The van der Waals surface area contributed by atoms with Gasteiger partial charge in [-0.2, -0.15) is 0 Å². The summed E-state index contributed by atoms with van der Waals surface area (Å²) < 4.78 is 7.48. The van der Waals surface area contributed by atoms with Gasteiger partial charge in [-0.25, -0.2) is 4.99 Å². The average Bonchev–Trinajstić information content (AvgIpc) is 2.39. The zero-order valence-electron chi connectivity index (χ0n) is 11.1. The van der Waals surface area contributed by atoms with Crippen LogP contribution in [0.3, 0.4) is 0 Å². The third-order valence-corrected chi connectivity index (χ3v) is 4.65. The molecule has 0 saturated heterocycles. The topological polar surface area (TPSA) is 50.7 Å². The maximum Gasteiger partial charge on any atom is 0.251 e. The van der Waals surface area contributed by atoms with Crippen molar-refractivity contribution in [2.24, 2.45) is 4.99 Å². The van der Waals surface area contributed by atoms with Gasteiger partial charge >= 0.3 is 0 Å². The highest BCUT2D eigenvalue weighted by Gasteiger charge is 2.08. The molecule has 102 valence electrons. The molecule has 0 spiro atoms. The molecule has 1 aliphatic heterocycles. The van der Waals surface area contributed by atoms with E-state index >= 15 is 0 Å². The van der Waals surface area contributed by atoms with Gasteiger partial charge in [0.05, 0.1) is 3.63 Å². The predicted octanol–water partition coefficient (Wildman–Crippen LogP) is 2.62. The van der Waals surface area contributed by atoms with Crippen LogP contribution in [0.1, 0.15) is 29.3 Å². The van der Waals surface area contributed by atoms with E-state index in [-0.39, 0.29) is 26.6 Å². The molecule has 0 aromatic heterocycles. The van der Waals surface area contributed by atoms with Crippen molar-refractivity contribution in [2.75, 3.05) is 11.2 Å². The summed E-state index contributed by atoms with van der Waals surface area (Å²) in [5.41, 5.74) is 1.83. The molecule has 0 saturated carbocycles. The fourth-order valence-electron chi connectivity index (χ4n) is 1.62. The number of hydrogen-bond acceptors (Lipinski definition) is 3. The Morgan fingerprint density at radius 1 is 1.37 bits per heavy atom. The Balaban J connectivity index is 1.81. The Bertz CT molecular complexity index is 521. The number of nitrogens with zero attached hydrogens (tertiary/aromatic N) is 1. The van der Waals surface area contributed by atoms with Gasteiger partial charge < -0.3 is 10.1 Å². The molecule has 19 heavy (non-hydrogen) atoms. The van der Waals surface area contributed by atoms with Gasteiger partial charge in [0.2, 0.25) is 0 Å². The van der Waals surface area contributed by atoms with Crippen molar-refractivity contribution in [2.45, 2.75) is 20.3 Å². The van der Waals surface area contributed by atoms with Crippen molar-refractivity contribution in [1.82, 2.24) is 5.32 Å². The SMILES string of the molecule is CC1=ICOC(CCNC(=O)c2ccc(C)cc2)=N1. The molecule has 0 bridgehead atoms. The second kappa shape index (κ2) is 6.79. The van der Waals surface area contributed by atoms with Crippen LogP contribution in [-0.4, -0.2) is 26.6 Å². The van der Waals surface area contributed by atoms with Gasteiger partial charge in [-0.3, -0.25) is 4.79 Å². The smallest absolute Gasteiger partial charge is 0.251 e. The lowest BCUT2D eigenvalue weighted by atomic mass is 10.1. The Morgan fingerprint density at radius 3 is 2.79 bits per heavy atom. The molecule has 1 aliphatic rings. The van der Waals surface area contributed by atoms with Crippen molar-refractivity contribution in [3.8, 4) is 0 Å². The van der Waals surface area contributed by atoms with E-state index in [4.69, 9.17) is 4.74 Å². The number of rotatable bonds is 4. The van der Waals surface area contributed by atoms with Crippen LogP contribution in [0.5, 0.6) is 0 Å². The summed E-state index contributed by atoms with van der Waals surface area (Å²) in [4.78, 5) is 16.2. The Hall–Kier alpha value is -1.24. The van der Waals surface area contributed by atoms with E-state index in [1.54, 1.807) is 0 Å². The minimum Gasteiger partial charge on any atom is -0.470 e. The Morgan fingerprint density at radius 2 is 2.11 bits per heavy atom. The van der Waals surface area contributed by atoms with Crippen LogP contribution in [0.25, 0.3) is 0 Å². The quantitative estimate of drug-likeness (QED) is 0.653. The highest BCUT2D eigenvalue weighted by molar-refractivity contribution is 14.2. The van der Waals surface area contributed by atoms with Gasteiger partial charge in [0, 0.05) is 18.5 Å².